The van der Waals surface area contributed by atoms with E-state index in [-0.39, 0.29) is 24.9 Å². The number of para-hydroxylation sites is 2. The Bertz CT molecular complexity index is 1460. The van der Waals surface area contributed by atoms with Crippen LogP contribution in [-0.2, 0) is 9.59 Å². The van der Waals surface area contributed by atoms with E-state index in [0.29, 0.717) is 11.5 Å². The van der Waals surface area contributed by atoms with Gasteiger partial charge < -0.3 is 14.7 Å². The lowest BCUT2D eigenvalue weighted by atomic mass is 10.2. The summed E-state index contributed by atoms with van der Waals surface area (Å²) in [6, 6.07) is 24.1. The molecule has 268 valence electrons. The number of rotatable bonds is 20. The van der Waals surface area contributed by atoms with Crippen LogP contribution >= 0.6 is 0 Å². The number of carbonyl (C=O) groups excluding carboxylic acids is 2. The normalized spacial score (nSPS) is 12.9. The van der Waals surface area contributed by atoms with Crippen molar-refractivity contribution < 1.29 is 14.2 Å². The van der Waals surface area contributed by atoms with Gasteiger partial charge in [-0.2, -0.15) is 0 Å². The zero-order chi connectivity index (χ0) is 35.6. The van der Waals surface area contributed by atoms with Crippen LogP contribution in [0.25, 0.3) is 0 Å². The highest BCUT2D eigenvalue weighted by atomic mass is 16.2. The Morgan fingerprint density at radius 3 is 1.70 bits per heavy atom. The molecule has 1 aromatic heterocycles. The quantitative estimate of drug-likeness (QED) is 0.0890. The summed E-state index contributed by atoms with van der Waals surface area (Å²) in [4.78, 5) is 40.1. The van der Waals surface area contributed by atoms with Crippen molar-refractivity contribution in [1.29, 1.82) is 0 Å². The monoisotopic (exact) mass is 681 g/mol. The molecule has 0 N–H and O–H groups in total. The Morgan fingerprint density at radius 1 is 0.700 bits per heavy atom. The molecule has 2 amide bonds. The second-order valence-electron chi connectivity index (χ2n) is 12.9. The Hall–Kier alpha value is -4.60. The zero-order valence-corrected chi connectivity index (χ0v) is 30.7. The van der Waals surface area contributed by atoms with E-state index in [9.17, 15) is 9.59 Å². The number of pyridine rings is 1. The number of carbonyl (C=O) groups is 2. The summed E-state index contributed by atoms with van der Waals surface area (Å²) in [5.74, 6) is 1.37. The Labute approximate surface area is 299 Å². The van der Waals surface area contributed by atoms with Crippen LogP contribution in [0.15, 0.2) is 89.2 Å². The van der Waals surface area contributed by atoms with Crippen molar-refractivity contribution in [1.82, 2.24) is 14.8 Å². The van der Waals surface area contributed by atoms with Crippen LogP contribution in [0.5, 0.6) is 0 Å². The average molecular weight is 682 g/mol. The first-order valence-electron chi connectivity index (χ1n) is 18.7. The number of anilines is 2. The summed E-state index contributed by atoms with van der Waals surface area (Å²) in [6.45, 7) is 13.2. The molecule has 50 heavy (non-hydrogen) atoms. The lowest BCUT2D eigenvalue weighted by Gasteiger charge is -2.30. The minimum Gasteiger partial charge on any atom is -0.341 e. The first-order valence-corrected chi connectivity index (χ1v) is 18.7. The van der Waals surface area contributed by atoms with E-state index < -0.39 is 0 Å². The molecule has 4 rings (SSSR count). The molecular formula is C40H57N8O2+. The maximum atomic E-state index is 13.7. The molecule has 0 spiro atoms. The third-order valence-corrected chi connectivity index (χ3v) is 8.96. The number of amides is 2. The molecule has 0 saturated carbocycles. The molecule has 10 nitrogen and oxygen atoms in total. The third-order valence-electron chi connectivity index (χ3n) is 8.96. The molecule has 1 aliphatic rings. The number of hydrogen-bond donors (Lipinski definition) is 0. The topological polar surface area (TPSA) is 87.7 Å². The van der Waals surface area contributed by atoms with Gasteiger partial charge >= 0.3 is 5.96 Å². The molecular weight excluding hydrogens is 624 g/mol. The van der Waals surface area contributed by atoms with Crippen LogP contribution in [-0.4, -0.2) is 89.5 Å². The van der Waals surface area contributed by atoms with Crippen LogP contribution in [0.2, 0.25) is 0 Å². The fourth-order valence-corrected chi connectivity index (χ4v) is 5.95. The van der Waals surface area contributed by atoms with Gasteiger partial charge in [-0.25, -0.2) is 14.5 Å². The van der Waals surface area contributed by atoms with E-state index in [4.69, 9.17) is 10.1 Å². The van der Waals surface area contributed by atoms with Crippen LogP contribution in [0.1, 0.15) is 79.1 Å². The molecule has 2 heterocycles. The van der Waals surface area contributed by atoms with Gasteiger partial charge in [0.25, 0.3) is 0 Å². The number of azo groups is 1. The number of unbranched alkanes of at least 4 members (excludes halogenated alkanes) is 4. The average Bonchev–Trinajstić information content (AvgIpc) is 3.58. The standard InChI is InChI=1S/C40H57N8O2/c1-5-9-25-44(26-10-6-2)38(49)32-46(33-39(50)45(27-11-7-3)28-12-8-4)37-24-23-34(31-41-37)42-43-40-47(35-19-15-13-16-20-35)29-30-48(40)36-21-17-14-18-22-36/h13-24,31H,5-12,25-30,32-33H2,1-4H3/q+1. The van der Waals surface area contributed by atoms with Gasteiger partial charge in [0.1, 0.15) is 36.0 Å². The smallest absolute Gasteiger partial charge is 0.341 e. The molecule has 3 aromatic rings. The summed E-state index contributed by atoms with van der Waals surface area (Å²) in [7, 11) is 0. The molecule has 0 unspecified atom stereocenters. The number of aromatic nitrogens is 1. The minimum atomic E-state index is 0.0265. The highest BCUT2D eigenvalue weighted by molar-refractivity contribution is 5.94. The van der Waals surface area contributed by atoms with Gasteiger partial charge in [-0.15, -0.1) is 0 Å². The third kappa shape index (κ3) is 11.2. The predicted octanol–water partition coefficient (Wildman–Crippen LogP) is 8.05. The molecule has 1 aliphatic heterocycles. The minimum absolute atomic E-state index is 0.0265. The van der Waals surface area contributed by atoms with Gasteiger partial charge in [0.15, 0.2) is 0 Å². The van der Waals surface area contributed by atoms with Gasteiger partial charge in [0.05, 0.1) is 19.3 Å². The Balaban J connectivity index is 1.60. The summed E-state index contributed by atoms with van der Waals surface area (Å²) in [5, 5.41) is 9.39. The lowest BCUT2D eigenvalue weighted by molar-refractivity contribution is -0.429. The molecule has 0 radical (unpaired) electrons. The highest BCUT2D eigenvalue weighted by Gasteiger charge is 2.33. The predicted molar refractivity (Wildman–Crippen MR) is 204 cm³/mol. The first-order chi connectivity index (χ1) is 24.5. The Kier molecular flexibility index (Phi) is 15.9. The summed E-state index contributed by atoms with van der Waals surface area (Å²) in [5.41, 5.74) is 2.70. The van der Waals surface area contributed by atoms with E-state index in [1.165, 1.54) is 0 Å². The Morgan fingerprint density at radius 2 is 1.22 bits per heavy atom. The van der Waals surface area contributed by atoms with Crippen LogP contribution in [0.3, 0.4) is 0 Å². The van der Waals surface area contributed by atoms with Gasteiger partial charge in [0.2, 0.25) is 11.8 Å². The van der Waals surface area contributed by atoms with Gasteiger partial charge in [0, 0.05) is 31.3 Å². The molecule has 0 saturated heterocycles. The van der Waals surface area contributed by atoms with Gasteiger partial charge in [-0.3, -0.25) is 9.59 Å². The number of guanidine groups is 1. The van der Waals surface area contributed by atoms with Crippen molar-refractivity contribution in [3.8, 4) is 0 Å². The largest absolute Gasteiger partial charge is 0.422 e. The fraction of sp³-hybridized carbons (Fsp3) is 0.500. The molecule has 0 bridgehead atoms. The zero-order valence-electron chi connectivity index (χ0n) is 30.7. The van der Waals surface area contributed by atoms with Crippen molar-refractivity contribution in [2.45, 2.75) is 79.1 Å². The molecule has 0 atom stereocenters. The maximum Gasteiger partial charge on any atom is 0.422 e. The number of nitrogens with zero attached hydrogens (tertiary/aromatic N) is 8. The SMILES string of the molecule is CCCCN(CCCC)C(=O)CN(CC(=O)N(CCCC)CCCC)c1ccc(N=NC2=[N+](c3ccccc3)CCN2c2ccccc2)cn1. The van der Waals surface area contributed by atoms with E-state index in [2.05, 4.69) is 66.6 Å². The second kappa shape index (κ2) is 20.8. The fourth-order valence-electron chi connectivity index (χ4n) is 5.95. The summed E-state index contributed by atoms with van der Waals surface area (Å²) >= 11 is 0. The van der Waals surface area contributed by atoms with Crippen LogP contribution in [0.4, 0.5) is 22.9 Å². The second-order valence-corrected chi connectivity index (χ2v) is 12.9. The van der Waals surface area contributed by atoms with Crippen molar-refractivity contribution in [3.63, 3.8) is 0 Å². The summed E-state index contributed by atoms with van der Waals surface area (Å²) < 4.78 is 2.17. The number of hydrogen-bond acceptors (Lipinski definition) is 7. The van der Waals surface area contributed by atoms with Gasteiger partial charge in [-0.1, -0.05) is 94.9 Å². The van der Waals surface area contributed by atoms with E-state index in [1.54, 1.807) is 6.20 Å². The highest BCUT2D eigenvalue weighted by Crippen LogP contribution is 2.24. The van der Waals surface area contributed by atoms with Gasteiger partial charge in [-0.05, 0) is 62.1 Å². The maximum absolute atomic E-state index is 13.7. The molecule has 2 aromatic carbocycles. The molecule has 0 aliphatic carbocycles. The van der Waals surface area contributed by atoms with E-state index in [1.807, 2.05) is 63.2 Å². The van der Waals surface area contributed by atoms with Crippen LogP contribution in [0, 0.1) is 0 Å². The summed E-state index contributed by atoms with van der Waals surface area (Å²) in [6.07, 6.45) is 9.57. The van der Waals surface area contributed by atoms with E-state index >= 15 is 0 Å². The molecule has 10 heteroatoms. The van der Waals surface area contributed by atoms with Crippen molar-refractivity contribution >= 4 is 40.7 Å². The first kappa shape index (κ1) is 38.2. The molecule has 0 fully saturated rings. The van der Waals surface area contributed by atoms with Crippen molar-refractivity contribution in [2.75, 3.05) is 62.2 Å². The number of benzene rings is 2. The van der Waals surface area contributed by atoms with Crippen molar-refractivity contribution in [2.24, 2.45) is 10.2 Å². The van der Waals surface area contributed by atoms with Crippen LogP contribution < -0.4 is 9.80 Å². The lowest BCUT2D eigenvalue weighted by Crippen LogP contribution is -2.46. The van der Waals surface area contributed by atoms with E-state index in [0.717, 1.165) is 108 Å². The van der Waals surface area contributed by atoms with Crippen molar-refractivity contribution in [3.05, 3.63) is 79.0 Å².